The summed E-state index contributed by atoms with van der Waals surface area (Å²) in [4.78, 5) is 22.5. The number of carbonyl (C=O) groups excluding carboxylic acids is 1. The van der Waals surface area contributed by atoms with Crippen LogP contribution in [0.1, 0.15) is 15.9 Å². The lowest BCUT2D eigenvalue weighted by Crippen LogP contribution is -2.02. The summed E-state index contributed by atoms with van der Waals surface area (Å²) in [5, 5.41) is 19.2. The van der Waals surface area contributed by atoms with Crippen molar-refractivity contribution in [3.63, 3.8) is 0 Å². The molecule has 0 aliphatic rings. The molecule has 0 unspecified atom stereocenters. The number of esters is 1. The molecule has 3 aromatic carbocycles. The number of methoxy groups -OCH3 is 1. The third-order valence-corrected chi connectivity index (χ3v) is 4.57. The van der Waals surface area contributed by atoms with E-state index in [4.69, 9.17) is 9.15 Å². The molecule has 160 valence electrons. The monoisotopic (exact) mass is 431 g/mol. The van der Waals surface area contributed by atoms with E-state index < -0.39 is 10.9 Å². The number of hydrogen-bond donors (Lipinski definition) is 0. The fourth-order valence-electron chi connectivity index (χ4n) is 2.96. The molecule has 0 radical (unpaired) electrons. The fourth-order valence-corrected chi connectivity index (χ4v) is 2.96. The number of nitro groups is 1. The van der Waals surface area contributed by atoms with Crippen molar-refractivity contribution in [2.45, 2.75) is 6.61 Å². The summed E-state index contributed by atoms with van der Waals surface area (Å²) in [6, 6.07) is 20.7. The molecule has 32 heavy (non-hydrogen) atoms. The summed E-state index contributed by atoms with van der Waals surface area (Å²) >= 11 is 0. The molecule has 9 heteroatoms. The van der Waals surface area contributed by atoms with Crippen molar-refractivity contribution in [3.8, 4) is 28.7 Å². The molecule has 4 aromatic rings. The number of ether oxygens (including phenoxy) is 2. The molecule has 4 rings (SSSR count). The highest BCUT2D eigenvalue weighted by Gasteiger charge is 2.19. The maximum absolute atomic E-state index is 11.9. The lowest BCUT2D eigenvalue weighted by atomic mass is 10.1. The van der Waals surface area contributed by atoms with Crippen LogP contribution in [0.4, 0.5) is 5.69 Å². The van der Waals surface area contributed by atoms with Gasteiger partial charge in [-0.15, -0.1) is 10.2 Å². The largest absolute Gasteiger partial charge is 0.489 e. The Kier molecular flexibility index (Phi) is 5.89. The van der Waals surface area contributed by atoms with Gasteiger partial charge in [0.2, 0.25) is 11.8 Å². The summed E-state index contributed by atoms with van der Waals surface area (Å²) in [6.07, 6.45) is 0. The first-order chi connectivity index (χ1) is 15.5. The van der Waals surface area contributed by atoms with Crippen molar-refractivity contribution >= 4 is 11.7 Å². The Hall–Kier alpha value is -4.53. The van der Waals surface area contributed by atoms with Crippen LogP contribution in [0.25, 0.3) is 22.9 Å². The zero-order valence-corrected chi connectivity index (χ0v) is 16.9. The second-order valence-corrected chi connectivity index (χ2v) is 6.73. The molecule has 0 saturated heterocycles. The van der Waals surface area contributed by atoms with Gasteiger partial charge in [-0.1, -0.05) is 30.3 Å². The number of non-ortho nitro benzene ring substituents is 1. The van der Waals surface area contributed by atoms with E-state index >= 15 is 0 Å². The van der Waals surface area contributed by atoms with Crippen LogP contribution in [-0.4, -0.2) is 28.2 Å². The van der Waals surface area contributed by atoms with Gasteiger partial charge >= 0.3 is 5.97 Å². The van der Waals surface area contributed by atoms with E-state index in [-0.39, 0.29) is 28.6 Å². The van der Waals surface area contributed by atoms with Crippen LogP contribution >= 0.6 is 0 Å². The first-order valence-electron chi connectivity index (χ1n) is 9.52. The number of rotatable bonds is 7. The molecule has 0 amide bonds. The maximum Gasteiger partial charge on any atom is 0.338 e. The predicted molar refractivity (Wildman–Crippen MR) is 114 cm³/mol. The molecule has 0 saturated carbocycles. The van der Waals surface area contributed by atoms with Crippen LogP contribution < -0.4 is 4.74 Å². The van der Waals surface area contributed by atoms with Crippen molar-refractivity contribution < 1.29 is 23.6 Å². The third kappa shape index (κ3) is 4.62. The Labute approximate surface area is 182 Å². The van der Waals surface area contributed by atoms with Crippen molar-refractivity contribution in [3.05, 3.63) is 94.0 Å². The van der Waals surface area contributed by atoms with Gasteiger partial charge < -0.3 is 13.9 Å². The Morgan fingerprint density at radius 1 is 0.969 bits per heavy atom. The van der Waals surface area contributed by atoms with Crippen LogP contribution in [-0.2, 0) is 11.3 Å². The molecular weight excluding hydrogens is 414 g/mol. The van der Waals surface area contributed by atoms with E-state index in [2.05, 4.69) is 14.9 Å². The lowest BCUT2D eigenvalue weighted by Gasteiger charge is -2.06. The molecule has 0 spiro atoms. The number of benzene rings is 3. The van der Waals surface area contributed by atoms with Crippen molar-refractivity contribution in [2.75, 3.05) is 7.11 Å². The summed E-state index contributed by atoms with van der Waals surface area (Å²) in [7, 11) is 1.19. The average Bonchev–Trinajstić information content (AvgIpc) is 3.33. The first-order valence-corrected chi connectivity index (χ1v) is 9.52. The minimum Gasteiger partial charge on any atom is -0.489 e. The number of aromatic nitrogens is 2. The van der Waals surface area contributed by atoms with E-state index in [1.807, 2.05) is 54.6 Å². The lowest BCUT2D eigenvalue weighted by molar-refractivity contribution is -0.384. The van der Waals surface area contributed by atoms with Crippen LogP contribution in [0, 0.1) is 10.1 Å². The average molecular weight is 431 g/mol. The molecule has 0 aliphatic heterocycles. The number of hydrogen-bond acceptors (Lipinski definition) is 8. The van der Waals surface area contributed by atoms with Crippen LogP contribution in [0.2, 0.25) is 0 Å². The molecule has 0 bridgehead atoms. The second-order valence-electron chi connectivity index (χ2n) is 6.73. The van der Waals surface area contributed by atoms with E-state index in [1.165, 1.54) is 19.2 Å². The fraction of sp³-hybridized carbons (Fsp3) is 0.0870. The van der Waals surface area contributed by atoms with Gasteiger partial charge in [0.15, 0.2) is 0 Å². The Balaban J connectivity index is 1.54. The molecule has 0 atom stereocenters. The minimum atomic E-state index is -0.706. The Morgan fingerprint density at radius 2 is 1.66 bits per heavy atom. The van der Waals surface area contributed by atoms with Gasteiger partial charge in [0.05, 0.1) is 17.6 Å². The first kappa shape index (κ1) is 20.7. The number of para-hydroxylation sites is 1. The summed E-state index contributed by atoms with van der Waals surface area (Å²) < 4.78 is 16.1. The highest BCUT2D eigenvalue weighted by molar-refractivity contribution is 5.91. The summed E-state index contributed by atoms with van der Waals surface area (Å²) in [5.41, 5.74) is 1.60. The van der Waals surface area contributed by atoms with Gasteiger partial charge in [-0.05, 0) is 35.9 Å². The summed E-state index contributed by atoms with van der Waals surface area (Å²) in [6.45, 7) is 0.406. The van der Waals surface area contributed by atoms with Crippen molar-refractivity contribution in [1.82, 2.24) is 10.2 Å². The molecule has 9 nitrogen and oxygen atoms in total. The second kappa shape index (κ2) is 9.09. The van der Waals surface area contributed by atoms with Crippen LogP contribution in [0.3, 0.4) is 0 Å². The number of nitrogens with zero attached hydrogens (tertiary/aromatic N) is 3. The standard InChI is InChI=1S/C23H17N3O6/c1-30-23(27)18-11-17(12-19(13-18)26(28)29)22-25-24-21(32-22)16-9-7-15(8-10-16)14-31-20-5-3-2-4-6-20/h2-13H,14H2,1H3. The molecule has 0 fully saturated rings. The maximum atomic E-state index is 11.9. The van der Waals surface area contributed by atoms with Gasteiger partial charge in [-0.3, -0.25) is 10.1 Å². The van der Waals surface area contributed by atoms with Crippen LogP contribution in [0.5, 0.6) is 5.75 Å². The quantitative estimate of drug-likeness (QED) is 0.235. The predicted octanol–water partition coefficient (Wildman–Crippen LogP) is 4.68. The van der Waals surface area contributed by atoms with Gasteiger partial charge in [-0.25, -0.2) is 4.79 Å². The topological polar surface area (TPSA) is 118 Å². The van der Waals surface area contributed by atoms with Gasteiger partial charge in [0.25, 0.3) is 5.69 Å². The van der Waals surface area contributed by atoms with E-state index in [0.29, 0.717) is 12.2 Å². The number of carbonyl (C=O) groups is 1. The van der Waals surface area contributed by atoms with E-state index in [0.717, 1.165) is 17.4 Å². The third-order valence-electron chi connectivity index (χ3n) is 4.57. The highest BCUT2D eigenvalue weighted by atomic mass is 16.6. The zero-order chi connectivity index (χ0) is 22.5. The van der Waals surface area contributed by atoms with E-state index in [1.54, 1.807) is 0 Å². The number of nitro benzene ring substituents is 1. The van der Waals surface area contributed by atoms with Crippen molar-refractivity contribution in [1.29, 1.82) is 0 Å². The smallest absolute Gasteiger partial charge is 0.338 e. The molecule has 0 N–H and O–H groups in total. The van der Waals surface area contributed by atoms with Crippen LogP contribution in [0.15, 0.2) is 77.2 Å². The Morgan fingerprint density at radius 3 is 2.31 bits per heavy atom. The SMILES string of the molecule is COC(=O)c1cc(-c2nnc(-c3ccc(COc4ccccc4)cc3)o2)cc([N+](=O)[O-])c1. The molecule has 1 heterocycles. The molecule has 1 aromatic heterocycles. The van der Waals surface area contributed by atoms with E-state index in [9.17, 15) is 14.9 Å². The van der Waals surface area contributed by atoms with Gasteiger partial charge in [0.1, 0.15) is 12.4 Å². The van der Waals surface area contributed by atoms with Gasteiger partial charge in [0, 0.05) is 23.3 Å². The van der Waals surface area contributed by atoms with Crippen molar-refractivity contribution in [2.24, 2.45) is 0 Å². The minimum absolute atomic E-state index is 0.0132. The van der Waals surface area contributed by atoms with Gasteiger partial charge in [-0.2, -0.15) is 0 Å². The zero-order valence-electron chi connectivity index (χ0n) is 16.9. The normalized spacial score (nSPS) is 10.5. The highest BCUT2D eigenvalue weighted by Crippen LogP contribution is 2.28. The summed E-state index contributed by atoms with van der Waals surface area (Å²) in [5.74, 6) is 0.358. The molecular formula is C23H17N3O6. The molecule has 0 aliphatic carbocycles. The Bertz CT molecular complexity index is 1250.